The summed E-state index contributed by atoms with van der Waals surface area (Å²) in [5.41, 5.74) is 1.79. The van der Waals surface area contributed by atoms with Gasteiger partial charge in [0, 0.05) is 25.3 Å². The van der Waals surface area contributed by atoms with Gasteiger partial charge in [-0.15, -0.1) is 0 Å². The molecule has 22 heavy (non-hydrogen) atoms. The highest BCUT2D eigenvalue weighted by Gasteiger charge is 2.43. The van der Waals surface area contributed by atoms with Gasteiger partial charge >= 0.3 is 10.3 Å². The molecule has 7 nitrogen and oxygen atoms in total. The average Bonchev–Trinajstić information content (AvgIpc) is 2.80. The Kier molecular flexibility index (Phi) is 5.08. The van der Waals surface area contributed by atoms with Gasteiger partial charge in [-0.2, -0.15) is 13.1 Å². The van der Waals surface area contributed by atoms with E-state index in [0.29, 0.717) is 0 Å². The third kappa shape index (κ3) is 3.96. The summed E-state index contributed by atoms with van der Waals surface area (Å²) in [6, 6.07) is 7.65. The van der Waals surface area contributed by atoms with Crippen molar-refractivity contribution in [1.82, 2.24) is 4.72 Å². The van der Waals surface area contributed by atoms with Crippen LogP contribution in [0.1, 0.15) is 25.5 Å². The van der Waals surface area contributed by atoms with Gasteiger partial charge in [0.25, 0.3) is 0 Å². The predicted octanol–water partition coefficient (Wildman–Crippen LogP) is 1.40. The Bertz CT molecular complexity index is 617. The van der Waals surface area contributed by atoms with Crippen LogP contribution in [0.4, 0.5) is 5.69 Å². The van der Waals surface area contributed by atoms with Crippen molar-refractivity contribution in [3.8, 4) is 0 Å². The summed E-state index contributed by atoms with van der Waals surface area (Å²) >= 11 is 0. The van der Waals surface area contributed by atoms with E-state index in [1.54, 1.807) is 13.8 Å². The Labute approximate surface area is 131 Å². The minimum absolute atomic E-state index is 0.130. The summed E-state index contributed by atoms with van der Waals surface area (Å²) < 4.78 is 41.6. The van der Waals surface area contributed by atoms with Crippen LogP contribution in [-0.4, -0.2) is 41.0 Å². The molecule has 2 N–H and O–H groups in total. The molecule has 1 aliphatic rings. The third-order valence-corrected chi connectivity index (χ3v) is 4.30. The molecule has 0 amide bonds. The van der Waals surface area contributed by atoms with Crippen LogP contribution >= 0.6 is 0 Å². The fraction of sp³-hybridized carbons (Fsp3) is 0.571. The Morgan fingerprint density at radius 1 is 1.23 bits per heavy atom. The molecule has 2 rings (SSSR count). The van der Waals surface area contributed by atoms with E-state index in [1.807, 2.05) is 31.3 Å². The van der Waals surface area contributed by atoms with Gasteiger partial charge in [0.1, 0.15) is 12.2 Å². The van der Waals surface area contributed by atoms with Crippen molar-refractivity contribution >= 4 is 16.0 Å². The summed E-state index contributed by atoms with van der Waals surface area (Å²) in [6.45, 7) is 3.44. The van der Waals surface area contributed by atoms with Crippen molar-refractivity contribution in [3.05, 3.63) is 29.8 Å². The van der Waals surface area contributed by atoms with E-state index in [0.717, 1.165) is 11.3 Å². The molecule has 1 aliphatic heterocycles. The smallest absolute Gasteiger partial charge is 0.335 e. The van der Waals surface area contributed by atoms with Crippen LogP contribution in [0.3, 0.4) is 0 Å². The lowest BCUT2D eigenvalue weighted by atomic mass is 10.0. The van der Waals surface area contributed by atoms with Crippen LogP contribution in [0.2, 0.25) is 0 Å². The Morgan fingerprint density at radius 3 is 2.55 bits per heavy atom. The highest BCUT2D eigenvalue weighted by atomic mass is 32.2. The van der Waals surface area contributed by atoms with Crippen LogP contribution in [0.5, 0.6) is 0 Å². The van der Waals surface area contributed by atoms with E-state index in [4.69, 9.17) is 13.7 Å². The molecule has 1 saturated heterocycles. The molecule has 2 unspecified atom stereocenters. The first-order valence-corrected chi connectivity index (χ1v) is 8.39. The molecule has 0 radical (unpaired) electrons. The van der Waals surface area contributed by atoms with Gasteiger partial charge in [0.05, 0.1) is 6.61 Å². The first kappa shape index (κ1) is 17.2. The maximum absolute atomic E-state index is 11.4. The zero-order valence-electron chi connectivity index (χ0n) is 13.1. The maximum Gasteiger partial charge on any atom is 0.335 e. The van der Waals surface area contributed by atoms with E-state index in [9.17, 15) is 8.42 Å². The molecule has 0 saturated carbocycles. The second-order valence-electron chi connectivity index (χ2n) is 5.37. The van der Waals surface area contributed by atoms with Gasteiger partial charge < -0.3 is 14.8 Å². The number of ether oxygens (including phenoxy) is 2. The van der Waals surface area contributed by atoms with Crippen molar-refractivity contribution in [1.29, 1.82) is 0 Å². The van der Waals surface area contributed by atoms with Gasteiger partial charge in [0.2, 0.25) is 0 Å². The lowest BCUT2D eigenvalue weighted by molar-refractivity contribution is -0.148. The number of hydrogen-bond donors (Lipinski definition) is 2. The molecule has 1 aromatic rings. The molecule has 8 heteroatoms. The highest BCUT2D eigenvalue weighted by Crippen LogP contribution is 2.40. The maximum atomic E-state index is 11.4. The first-order chi connectivity index (χ1) is 10.3. The molecule has 1 heterocycles. The van der Waals surface area contributed by atoms with Gasteiger partial charge in [-0.25, -0.2) is 0 Å². The normalized spacial score (nSPS) is 24.4. The number of nitrogens with one attached hydrogen (secondary N) is 2. The Morgan fingerprint density at radius 2 is 1.91 bits per heavy atom. The molecule has 0 aromatic heterocycles. The topological polar surface area (TPSA) is 85.9 Å². The van der Waals surface area contributed by atoms with Crippen molar-refractivity contribution in [3.63, 3.8) is 0 Å². The molecule has 0 aliphatic carbocycles. The van der Waals surface area contributed by atoms with Crippen molar-refractivity contribution in [2.24, 2.45) is 0 Å². The minimum atomic E-state index is -3.77. The van der Waals surface area contributed by atoms with Gasteiger partial charge in [-0.05, 0) is 19.9 Å². The van der Waals surface area contributed by atoms with Crippen LogP contribution in [0.15, 0.2) is 24.3 Å². The first-order valence-electron chi connectivity index (χ1n) is 6.98. The summed E-state index contributed by atoms with van der Waals surface area (Å²) in [7, 11) is -0.660. The molecular formula is C14H22N2O5S. The Hall–Kier alpha value is -1.19. The fourth-order valence-electron chi connectivity index (χ4n) is 2.41. The van der Waals surface area contributed by atoms with Crippen LogP contribution in [0.25, 0.3) is 0 Å². The number of benzene rings is 1. The molecule has 0 spiro atoms. The molecule has 2 atom stereocenters. The van der Waals surface area contributed by atoms with E-state index in [-0.39, 0.29) is 6.61 Å². The second kappa shape index (κ2) is 6.51. The van der Waals surface area contributed by atoms with Crippen molar-refractivity contribution in [2.45, 2.75) is 31.8 Å². The molecule has 1 aromatic carbocycles. The van der Waals surface area contributed by atoms with Crippen LogP contribution < -0.4 is 10.0 Å². The number of para-hydroxylation sites is 1. The number of anilines is 1. The SMILES string of the molecule is CNc1ccccc1C1OC(C)(C)OC1COS(=O)(=O)NC. The lowest BCUT2D eigenvalue weighted by Crippen LogP contribution is -2.29. The van der Waals surface area contributed by atoms with E-state index in [1.165, 1.54) is 7.05 Å². The lowest BCUT2D eigenvalue weighted by Gasteiger charge is -2.20. The monoisotopic (exact) mass is 330 g/mol. The third-order valence-electron chi connectivity index (χ3n) is 3.36. The van der Waals surface area contributed by atoms with Gasteiger partial charge in [0.15, 0.2) is 5.79 Å². The molecule has 0 bridgehead atoms. The summed E-state index contributed by atoms with van der Waals surface area (Å²) in [5.74, 6) is -0.817. The van der Waals surface area contributed by atoms with Crippen molar-refractivity contribution in [2.75, 3.05) is 26.0 Å². The highest BCUT2D eigenvalue weighted by molar-refractivity contribution is 7.84. The van der Waals surface area contributed by atoms with E-state index < -0.39 is 28.3 Å². The fourth-order valence-corrected chi connectivity index (χ4v) is 2.84. The molecular weight excluding hydrogens is 308 g/mol. The summed E-state index contributed by atoms with van der Waals surface area (Å²) in [5, 5.41) is 3.10. The summed E-state index contributed by atoms with van der Waals surface area (Å²) in [4.78, 5) is 0. The largest absolute Gasteiger partial charge is 0.388 e. The number of hydrogen-bond acceptors (Lipinski definition) is 6. The summed E-state index contributed by atoms with van der Waals surface area (Å²) in [6.07, 6.45) is -0.960. The zero-order chi connectivity index (χ0) is 16.4. The minimum Gasteiger partial charge on any atom is -0.388 e. The van der Waals surface area contributed by atoms with Crippen molar-refractivity contribution < 1.29 is 22.1 Å². The average molecular weight is 330 g/mol. The molecule has 1 fully saturated rings. The second-order valence-corrected chi connectivity index (χ2v) is 6.93. The standard InChI is InChI=1S/C14H22N2O5S/c1-14(2)20-12(9-19-22(17,18)16-4)13(21-14)10-7-5-6-8-11(10)15-3/h5-8,12-13,15-16H,9H2,1-4H3. The molecule has 124 valence electrons. The van der Waals surface area contributed by atoms with Gasteiger partial charge in [-0.3, -0.25) is 4.18 Å². The van der Waals surface area contributed by atoms with E-state index in [2.05, 4.69) is 10.0 Å². The number of rotatable bonds is 6. The van der Waals surface area contributed by atoms with Crippen LogP contribution in [0, 0.1) is 0 Å². The van der Waals surface area contributed by atoms with Gasteiger partial charge in [-0.1, -0.05) is 18.2 Å². The predicted molar refractivity (Wildman–Crippen MR) is 82.7 cm³/mol. The van der Waals surface area contributed by atoms with Crippen LogP contribution in [-0.2, 0) is 24.0 Å². The Balaban J connectivity index is 2.23. The van der Waals surface area contributed by atoms with E-state index >= 15 is 0 Å². The quantitative estimate of drug-likeness (QED) is 0.820. The zero-order valence-corrected chi connectivity index (χ0v) is 13.9.